The third kappa shape index (κ3) is 10.7. The highest BCUT2D eigenvalue weighted by atomic mass is 16.5. The normalized spacial score (nSPS) is 11.7. The fraction of sp³-hybridized carbons (Fsp3) is 0.111. The topological polar surface area (TPSA) is 86.8 Å². The molecule has 13 rings (SSSR count). The van der Waals surface area contributed by atoms with Crippen molar-refractivity contribution in [2.75, 3.05) is 76.5 Å². The Morgan fingerprint density at radius 1 is 0.204 bits per heavy atom. The van der Waals surface area contributed by atoms with E-state index in [9.17, 15) is 0 Å². The molecule has 0 amide bonds. The predicted octanol–water partition coefficient (Wildman–Crippen LogP) is 20.0. The molecule has 12 aromatic rings. The molecule has 1 aliphatic carbocycles. The minimum absolute atomic E-state index is 0.644. The Labute approximate surface area is 543 Å². The smallest absolute Gasteiger partial charge is 0.142 e. The fourth-order valence-electron chi connectivity index (χ4n) is 13.3. The first-order valence-corrected chi connectivity index (χ1v) is 30.6. The largest absolute Gasteiger partial charge is 0.495 e. The molecule has 462 valence electrons. The van der Waals surface area contributed by atoms with Crippen LogP contribution in [0, 0.1) is 0 Å². The van der Waals surface area contributed by atoms with Crippen LogP contribution in [0.15, 0.2) is 279 Å². The van der Waals surface area contributed by atoms with Crippen molar-refractivity contribution >= 4 is 68.2 Å². The monoisotopic (exact) mass is 1230 g/mol. The van der Waals surface area contributed by atoms with Crippen LogP contribution in [-0.4, -0.2) is 56.9 Å². The molecule has 12 heteroatoms. The maximum absolute atomic E-state index is 6.34. The van der Waals surface area contributed by atoms with Gasteiger partial charge in [-0.15, -0.1) is 0 Å². The minimum Gasteiger partial charge on any atom is -0.495 e. The summed E-state index contributed by atoms with van der Waals surface area (Å²) in [6.45, 7) is 0. The molecule has 0 saturated carbocycles. The number of benzene rings is 12. The molecule has 12 aromatic carbocycles. The van der Waals surface area contributed by atoms with Gasteiger partial charge in [0.05, 0.1) is 108 Å². The summed E-state index contributed by atoms with van der Waals surface area (Å²) < 4.78 is 50.8. The molecule has 93 heavy (non-hydrogen) atoms. The molecule has 0 aliphatic heterocycles. The number of rotatable bonds is 22. The number of nitrogens with zero attached hydrogens (tertiary/aromatic N) is 4. The van der Waals surface area contributed by atoms with Crippen LogP contribution in [0.5, 0.6) is 46.0 Å². The SMILES string of the molecule is COc1ccccc1N(c1cc(N(c2ccccc2OC)c2ccccc2OC)cc(C2(c3cc(N(c4ccccc4OC)c4ccccc4OC)cc(N(c4ccccc4OC)c4ccccc4OC)c3)c3ccccc3-c3ccccc32)c1)c1ccccc1OC. The Kier molecular flexibility index (Phi) is 17.1. The molecule has 0 N–H and O–H groups in total. The summed E-state index contributed by atoms with van der Waals surface area (Å²) in [6.07, 6.45) is 0. The number of hydrogen-bond donors (Lipinski definition) is 0. The first kappa shape index (κ1) is 60.2. The standard InChI is InChI=1S/C81H70N4O8/c1-86-73-41-21-13-33-65(73)82(66-34-14-22-42-74(66)87-2)57-49-55(50-58(53-57)83(67-35-15-23-43-75(67)88-3)68-36-16-24-44-76(68)89-4)81(63-31-11-9-29-61(63)62-30-10-12-32-64(62)81)56-51-59(84(69-37-17-25-45-77(69)90-5)70-38-18-26-46-78(70)91-6)54-60(52-56)85(71-39-19-27-47-79(71)92-7)72-40-20-28-48-80(72)93-8/h9-54H,1-8H3. The highest BCUT2D eigenvalue weighted by Crippen LogP contribution is 2.61. The first-order chi connectivity index (χ1) is 45.8. The lowest BCUT2D eigenvalue weighted by molar-refractivity contribution is 0.412. The molecule has 0 radical (unpaired) electrons. The van der Waals surface area contributed by atoms with Gasteiger partial charge in [-0.1, -0.05) is 146 Å². The maximum atomic E-state index is 6.34. The summed E-state index contributed by atoms with van der Waals surface area (Å²) in [5.74, 6) is 5.15. The van der Waals surface area contributed by atoms with Gasteiger partial charge in [0, 0.05) is 22.7 Å². The Morgan fingerprint density at radius 2 is 0.376 bits per heavy atom. The highest BCUT2D eigenvalue weighted by Gasteiger charge is 2.48. The lowest BCUT2D eigenvalue weighted by Gasteiger charge is -2.39. The Balaban J connectivity index is 1.26. The van der Waals surface area contributed by atoms with E-state index in [0.29, 0.717) is 46.0 Å². The van der Waals surface area contributed by atoms with Crippen LogP contribution >= 0.6 is 0 Å². The summed E-state index contributed by atoms with van der Waals surface area (Å²) in [5, 5.41) is 0. The zero-order valence-corrected chi connectivity index (χ0v) is 53.1. The van der Waals surface area contributed by atoms with E-state index >= 15 is 0 Å². The molecule has 0 atom stereocenters. The van der Waals surface area contributed by atoms with Gasteiger partial charge in [0.2, 0.25) is 0 Å². The summed E-state index contributed by atoms with van der Waals surface area (Å²) in [7, 11) is 13.6. The van der Waals surface area contributed by atoms with Crippen molar-refractivity contribution in [1.29, 1.82) is 0 Å². The van der Waals surface area contributed by atoms with E-state index in [1.165, 1.54) is 0 Å². The molecule has 0 spiro atoms. The lowest BCUT2D eigenvalue weighted by Crippen LogP contribution is -2.30. The molecule has 0 saturated heterocycles. The zero-order chi connectivity index (χ0) is 64.0. The van der Waals surface area contributed by atoms with Crippen LogP contribution in [0.4, 0.5) is 68.2 Å². The first-order valence-electron chi connectivity index (χ1n) is 30.6. The molecule has 0 bridgehead atoms. The Hall–Kier alpha value is -11.8. The Bertz CT molecular complexity index is 3950. The van der Waals surface area contributed by atoms with E-state index < -0.39 is 5.41 Å². The third-order valence-corrected chi connectivity index (χ3v) is 17.3. The van der Waals surface area contributed by atoms with Crippen LogP contribution in [-0.2, 0) is 5.41 Å². The van der Waals surface area contributed by atoms with Gasteiger partial charge in [0.1, 0.15) is 46.0 Å². The molecule has 0 aromatic heterocycles. The minimum atomic E-state index is -1.19. The number of methoxy groups -OCH3 is 8. The van der Waals surface area contributed by atoms with Crippen molar-refractivity contribution in [1.82, 2.24) is 0 Å². The molecule has 0 fully saturated rings. The van der Waals surface area contributed by atoms with Crippen molar-refractivity contribution in [2.45, 2.75) is 5.41 Å². The summed E-state index contributed by atoms with van der Waals surface area (Å²) >= 11 is 0. The summed E-state index contributed by atoms with van der Waals surface area (Å²) in [6, 6.07) is 96.0. The fourth-order valence-corrected chi connectivity index (χ4v) is 13.3. The van der Waals surface area contributed by atoms with Gasteiger partial charge in [-0.3, -0.25) is 0 Å². The summed E-state index contributed by atoms with van der Waals surface area (Å²) in [4.78, 5) is 8.91. The number of hydrogen-bond acceptors (Lipinski definition) is 12. The number of para-hydroxylation sites is 16. The van der Waals surface area contributed by atoms with E-state index in [0.717, 1.165) is 102 Å². The number of ether oxygens (including phenoxy) is 8. The van der Waals surface area contributed by atoms with E-state index in [2.05, 4.69) is 153 Å². The van der Waals surface area contributed by atoms with Gasteiger partial charge >= 0.3 is 0 Å². The van der Waals surface area contributed by atoms with Crippen molar-refractivity contribution in [3.05, 3.63) is 301 Å². The van der Waals surface area contributed by atoms with Crippen molar-refractivity contribution < 1.29 is 37.9 Å². The molecule has 0 unspecified atom stereocenters. The quantitative estimate of drug-likeness (QED) is 0.0648. The van der Waals surface area contributed by atoms with Crippen LogP contribution in [0.3, 0.4) is 0 Å². The average molecular weight is 1230 g/mol. The van der Waals surface area contributed by atoms with E-state index in [1.807, 2.05) is 146 Å². The average Bonchev–Trinajstić information content (AvgIpc) is 1.59. The second kappa shape index (κ2) is 26.4. The van der Waals surface area contributed by atoms with Gasteiger partial charge in [0.15, 0.2) is 0 Å². The van der Waals surface area contributed by atoms with Crippen LogP contribution in [0.25, 0.3) is 11.1 Å². The zero-order valence-electron chi connectivity index (χ0n) is 53.1. The van der Waals surface area contributed by atoms with Crippen molar-refractivity contribution in [3.63, 3.8) is 0 Å². The van der Waals surface area contributed by atoms with Gasteiger partial charge < -0.3 is 57.5 Å². The van der Waals surface area contributed by atoms with Gasteiger partial charge in [-0.25, -0.2) is 0 Å². The van der Waals surface area contributed by atoms with Crippen LogP contribution in [0.1, 0.15) is 22.3 Å². The van der Waals surface area contributed by atoms with Gasteiger partial charge in [-0.2, -0.15) is 0 Å². The van der Waals surface area contributed by atoms with Crippen molar-refractivity contribution in [2.24, 2.45) is 0 Å². The van der Waals surface area contributed by atoms with E-state index in [1.54, 1.807) is 56.9 Å². The van der Waals surface area contributed by atoms with Crippen LogP contribution < -0.4 is 57.5 Å². The predicted molar refractivity (Wildman–Crippen MR) is 375 cm³/mol. The van der Waals surface area contributed by atoms with Crippen LogP contribution in [0.2, 0.25) is 0 Å². The molecule has 0 heterocycles. The van der Waals surface area contributed by atoms with E-state index in [-0.39, 0.29) is 0 Å². The van der Waals surface area contributed by atoms with E-state index in [4.69, 9.17) is 37.9 Å². The highest BCUT2D eigenvalue weighted by molar-refractivity contribution is 5.95. The van der Waals surface area contributed by atoms with Gasteiger partial charge in [-0.05, 0) is 167 Å². The second-order valence-corrected chi connectivity index (χ2v) is 22.0. The molecule has 1 aliphatic rings. The molecular weight excluding hydrogens is 1160 g/mol. The maximum Gasteiger partial charge on any atom is 0.142 e. The third-order valence-electron chi connectivity index (χ3n) is 17.3. The lowest BCUT2D eigenvalue weighted by atomic mass is 9.67. The number of fused-ring (bicyclic) bond motifs is 3. The molecule has 12 nitrogen and oxygen atoms in total. The molecular formula is C81H70N4O8. The second-order valence-electron chi connectivity index (χ2n) is 22.0. The Morgan fingerprint density at radius 3 is 0.570 bits per heavy atom. The van der Waals surface area contributed by atoms with Crippen molar-refractivity contribution in [3.8, 4) is 57.1 Å². The van der Waals surface area contributed by atoms with Gasteiger partial charge in [0.25, 0.3) is 0 Å². The number of anilines is 12. The summed E-state index contributed by atoms with van der Waals surface area (Å²) in [5.41, 5.74) is 14.1.